The van der Waals surface area contributed by atoms with Gasteiger partial charge < -0.3 is 0 Å². The summed E-state index contributed by atoms with van der Waals surface area (Å²) in [6.45, 7) is 8.03. The van der Waals surface area contributed by atoms with Gasteiger partial charge in [-0.15, -0.1) is 0 Å². The van der Waals surface area contributed by atoms with Gasteiger partial charge in [0.1, 0.15) is 0 Å². The van der Waals surface area contributed by atoms with Gasteiger partial charge in [0.25, 0.3) is 0 Å². The Labute approximate surface area is 130 Å². The van der Waals surface area contributed by atoms with Crippen molar-refractivity contribution in [3.8, 4) is 0 Å². The van der Waals surface area contributed by atoms with E-state index in [0.29, 0.717) is 5.02 Å². The van der Waals surface area contributed by atoms with Crippen LogP contribution in [0.1, 0.15) is 52.1 Å². The van der Waals surface area contributed by atoms with Crippen LogP contribution in [-0.2, 0) is 11.0 Å². The van der Waals surface area contributed by atoms with E-state index in [1.54, 1.807) is 0 Å². The zero-order valence-corrected chi connectivity index (χ0v) is 14.2. The van der Waals surface area contributed by atoms with Crippen molar-refractivity contribution in [2.24, 2.45) is 0 Å². The highest BCUT2D eigenvalue weighted by atomic mass is 35.5. The molecule has 0 aliphatic rings. The van der Waals surface area contributed by atoms with E-state index in [-0.39, 0.29) is 10.8 Å². The summed E-state index contributed by atoms with van der Waals surface area (Å²) in [5.74, 6) is 0. The standard InChI is InChI=1S/C16H24ClNOS/c1-5-6-7-8-15(18-20(19)16(2,3)4)13-9-11-14(17)12-10-13/h7-12,15,18H,5-6H2,1-4H3/b8-7-/t15-,20?/m1/s1. The van der Waals surface area contributed by atoms with Crippen LogP contribution in [0.3, 0.4) is 0 Å². The van der Waals surface area contributed by atoms with E-state index >= 15 is 0 Å². The van der Waals surface area contributed by atoms with Gasteiger partial charge in [-0.1, -0.05) is 49.2 Å². The lowest BCUT2D eigenvalue weighted by Gasteiger charge is -2.23. The highest BCUT2D eigenvalue weighted by molar-refractivity contribution is 7.84. The second-order valence-electron chi connectivity index (χ2n) is 5.75. The Kier molecular flexibility index (Phi) is 6.93. The summed E-state index contributed by atoms with van der Waals surface area (Å²) >= 11 is 5.92. The molecule has 4 heteroatoms. The molecule has 0 bridgehead atoms. The second-order valence-corrected chi connectivity index (χ2v) is 8.18. The van der Waals surface area contributed by atoms with Crippen LogP contribution in [-0.4, -0.2) is 8.96 Å². The van der Waals surface area contributed by atoms with E-state index in [2.05, 4.69) is 23.8 Å². The van der Waals surface area contributed by atoms with Crippen molar-refractivity contribution in [1.82, 2.24) is 4.72 Å². The van der Waals surface area contributed by atoms with Crippen molar-refractivity contribution in [2.75, 3.05) is 0 Å². The highest BCUT2D eigenvalue weighted by Gasteiger charge is 2.22. The Morgan fingerprint density at radius 3 is 2.40 bits per heavy atom. The number of halogens is 1. The molecule has 0 saturated carbocycles. The summed E-state index contributed by atoms with van der Waals surface area (Å²) in [5.41, 5.74) is 1.07. The van der Waals surface area contributed by atoms with Crippen molar-refractivity contribution in [1.29, 1.82) is 0 Å². The maximum absolute atomic E-state index is 12.3. The lowest BCUT2D eigenvalue weighted by atomic mass is 10.1. The molecule has 2 atom stereocenters. The molecule has 1 aromatic carbocycles. The van der Waals surface area contributed by atoms with Gasteiger partial charge in [0.2, 0.25) is 0 Å². The first-order valence-electron chi connectivity index (χ1n) is 6.94. The number of nitrogens with one attached hydrogen (secondary N) is 1. The summed E-state index contributed by atoms with van der Waals surface area (Å²) in [5, 5.41) is 0.710. The summed E-state index contributed by atoms with van der Waals surface area (Å²) in [6.07, 6.45) is 6.34. The fourth-order valence-electron chi connectivity index (χ4n) is 1.58. The molecule has 1 N–H and O–H groups in total. The molecular formula is C16H24ClNOS. The van der Waals surface area contributed by atoms with Crippen LogP contribution in [0.2, 0.25) is 5.02 Å². The van der Waals surface area contributed by atoms with Gasteiger partial charge in [0.05, 0.1) is 21.8 Å². The maximum Gasteiger partial charge on any atom is 0.0978 e. The van der Waals surface area contributed by atoms with E-state index in [1.165, 1.54) is 0 Å². The minimum absolute atomic E-state index is 0.0566. The van der Waals surface area contributed by atoms with Gasteiger partial charge in [-0.05, 0) is 44.9 Å². The van der Waals surface area contributed by atoms with Crippen LogP contribution in [0.15, 0.2) is 36.4 Å². The van der Waals surface area contributed by atoms with Crippen molar-refractivity contribution in [3.63, 3.8) is 0 Å². The van der Waals surface area contributed by atoms with Crippen LogP contribution in [0.5, 0.6) is 0 Å². The number of hydrogen-bond acceptors (Lipinski definition) is 1. The third kappa shape index (κ3) is 5.78. The first kappa shape index (κ1) is 17.4. The lowest BCUT2D eigenvalue weighted by molar-refractivity contribution is 0.626. The summed E-state index contributed by atoms with van der Waals surface area (Å²) < 4.78 is 15.2. The van der Waals surface area contributed by atoms with Crippen LogP contribution in [0.4, 0.5) is 0 Å². The number of allylic oxidation sites excluding steroid dienone is 1. The molecule has 0 radical (unpaired) electrons. The predicted octanol–water partition coefficient (Wildman–Crippen LogP) is 4.79. The molecule has 0 spiro atoms. The van der Waals surface area contributed by atoms with Crippen LogP contribution < -0.4 is 4.72 Å². The predicted molar refractivity (Wildman–Crippen MR) is 89.3 cm³/mol. The Morgan fingerprint density at radius 2 is 1.90 bits per heavy atom. The largest absolute Gasteiger partial charge is 0.242 e. The fourth-order valence-corrected chi connectivity index (χ4v) is 2.50. The molecule has 112 valence electrons. The van der Waals surface area contributed by atoms with Gasteiger partial charge in [-0.3, -0.25) is 0 Å². The third-order valence-electron chi connectivity index (χ3n) is 2.80. The zero-order valence-electron chi connectivity index (χ0n) is 12.7. The Morgan fingerprint density at radius 1 is 1.30 bits per heavy atom. The number of rotatable bonds is 6. The molecule has 0 aliphatic heterocycles. The summed E-state index contributed by atoms with van der Waals surface area (Å²) in [7, 11) is -1.11. The molecule has 1 rings (SSSR count). The molecular weight excluding hydrogens is 290 g/mol. The number of hydrogen-bond donors (Lipinski definition) is 1. The molecule has 0 aliphatic carbocycles. The Bertz CT molecular complexity index is 462. The molecule has 1 unspecified atom stereocenters. The first-order valence-corrected chi connectivity index (χ1v) is 8.47. The topological polar surface area (TPSA) is 29.1 Å². The zero-order chi connectivity index (χ0) is 15.2. The van der Waals surface area contributed by atoms with E-state index in [1.807, 2.05) is 45.0 Å². The van der Waals surface area contributed by atoms with Gasteiger partial charge >= 0.3 is 0 Å². The molecule has 1 aromatic rings. The monoisotopic (exact) mass is 313 g/mol. The summed E-state index contributed by atoms with van der Waals surface area (Å²) in [6, 6.07) is 7.60. The van der Waals surface area contributed by atoms with Gasteiger partial charge in [0.15, 0.2) is 0 Å². The highest BCUT2D eigenvalue weighted by Crippen LogP contribution is 2.21. The Balaban J connectivity index is 2.91. The minimum Gasteiger partial charge on any atom is -0.242 e. The number of unbranched alkanes of at least 4 members (excludes halogenated alkanes) is 1. The summed E-state index contributed by atoms with van der Waals surface area (Å²) in [4.78, 5) is 0. The molecule has 20 heavy (non-hydrogen) atoms. The fraction of sp³-hybridized carbons (Fsp3) is 0.500. The van der Waals surface area contributed by atoms with Gasteiger partial charge in [-0.25, -0.2) is 8.93 Å². The average molecular weight is 314 g/mol. The van der Waals surface area contributed by atoms with E-state index < -0.39 is 11.0 Å². The van der Waals surface area contributed by atoms with E-state index in [9.17, 15) is 4.21 Å². The molecule has 0 fully saturated rings. The maximum atomic E-state index is 12.3. The van der Waals surface area contributed by atoms with Crippen molar-refractivity contribution < 1.29 is 4.21 Å². The molecule has 0 saturated heterocycles. The minimum atomic E-state index is -1.11. The number of benzene rings is 1. The molecule has 2 nitrogen and oxygen atoms in total. The van der Waals surface area contributed by atoms with Crippen LogP contribution >= 0.6 is 11.6 Å². The van der Waals surface area contributed by atoms with Gasteiger partial charge in [-0.2, -0.15) is 0 Å². The quantitative estimate of drug-likeness (QED) is 0.752. The molecule has 0 heterocycles. The molecule has 0 amide bonds. The molecule has 0 aromatic heterocycles. The first-order chi connectivity index (χ1) is 9.34. The average Bonchev–Trinajstić information content (AvgIpc) is 2.37. The van der Waals surface area contributed by atoms with E-state index in [0.717, 1.165) is 18.4 Å². The second kappa shape index (κ2) is 7.96. The lowest BCUT2D eigenvalue weighted by Crippen LogP contribution is -2.35. The normalized spacial score (nSPS) is 15.4. The van der Waals surface area contributed by atoms with Crippen molar-refractivity contribution in [3.05, 3.63) is 47.0 Å². The van der Waals surface area contributed by atoms with Crippen LogP contribution in [0.25, 0.3) is 0 Å². The third-order valence-corrected chi connectivity index (χ3v) is 4.64. The van der Waals surface area contributed by atoms with Gasteiger partial charge in [0, 0.05) is 5.02 Å². The van der Waals surface area contributed by atoms with Crippen LogP contribution in [0, 0.1) is 0 Å². The SMILES string of the molecule is CCC/C=C\[C@@H](NS(=O)C(C)(C)C)c1ccc(Cl)cc1. The van der Waals surface area contributed by atoms with Crippen molar-refractivity contribution >= 4 is 22.6 Å². The van der Waals surface area contributed by atoms with Crippen molar-refractivity contribution in [2.45, 2.75) is 51.3 Å². The smallest absolute Gasteiger partial charge is 0.0978 e. The Hall–Kier alpha value is -0.640. The van der Waals surface area contributed by atoms with E-state index in [4.69, 9.17) is 11.6 Å².